The van der Waals surface area contributed by atoms with E-state index < -0.39 is 29.0 Å². The van der Waals surface area contributed by atoms with E-state index in [2.05, 4.69) is 0 Å². The van der Waals surface area contributed by atoms with Gasteiger partial charge in [-0.05, 0) is 18.2 Å². The van der Waals surface area contributed by atoms with Gasteiger partial charge in [0, 0.05) is 5.56 Å². The third kappa shape index (κ3) is 2.39. The summed E-state index contributed by atoms with van der Waals surface area (Å²) in [5.74, 6) is -5.04. The minimum absolute atomic E-state index is 0.128. The predicted octanol–water partition coefficient (Wildman–Crippen LogP) is 3.03. The van der Waals surface area contributed by atoms with Crippen molar-refractivity contribution in [2.75, 3.05) is 0 Å². The fourth-order valence-electron chi connectivity index (χ4n) is 1.02. The van der Waals surface area contributed by atoms with Crippen LogP contribution in [0.5, 0.6) is 5.75 Å². The van der Waals surface area contributed by atoms with Gasteiger partial charge in [-0.3, -0.25) is 0 Å². The highest BCUT2D eigenvalue weighted by molar-refractivity contribution is 5.39. The summed E-state index contributed by atoms with van der Waals surface area (Å²) in [7, 11) is 0. The molecule has 0 bridgehead atoms. The lowest BCUT2D eigenvalue weighted by Gasteiger charge is -2.12. The van der Waals surface area contributed by atoms with Crippen LogP contribution < -0.4 is 0 Å². The molecule has 1 aromatic rings. The summed E-state index contributed by atoms with van der Waals surface area (Å²) in [6.45, 7) is 0. The van der Waals surface area contributed by atoms with Gasteiger partial charge in [0.2, 0.25) is 0 Å². The SMILES string of the molecule is N#CC(F)(F)c1cc(O)cc(C(F)(F)F)c1. The lowest BCUT2D eigenvalue weighted by atomic mass is 10.1. The number of aromatic hydroxyl groups is 1. The molecule has 2 nitrogen and oxygen atoms in total. The Labute approximate surface area is 86.5 Å². The van der Waals surface area contributed by atoms with E-state index in [1.54, 1.807) is 0 Å². The van der Waals surface area contributed by atoms with E-state index in [1.165, 1.54) is 0 Å². The lowest BCUT2D eigenvalue weighted by Crippen LogP contribution is -2.13. The number of phenols is 1. The second-order valence-electron chi connectivity index (χ2n) is 2.95. The molecule has 0 unspecified atom stereocenters. The van der Waals surface area contributed by atoms with E-state index in [1.807, 2.05) is 0 Å². The first-order valence-electron chi connectivity index (χ1n) is 3.87. The second kappa shape index (κ2) is 3.63. The van der Waals surface area contributed by atoms with Crippen molar-refractivity contribution in [3.8, 4) is 11.8 Å². The first kappa shape index (κ1) is 12.2. The van der Waals surface area contributed by atoms with Crippen LogP contribution in [0, 0.1) is 11.3 Å². The Morgan fingerprint density at radius 1 is 1.00 bits per heavy atom. The second-order valence-corrected chi connectivity index (χ2v) is 2.95. The van der Waals surface area contributed by atoms with E-state index in [0.29, 0.717) is 18.2 Å². The number of nitriles is 1. The first-order chi connectivity index (χ1) is 7.16. The van der Waals surface area contributed by atoms with Crippen LogP contribution in [0.2, 0.25) is 0 Å². The number of rotatable bonds is 1. The molecule has 0 atom stereocenters. The van der Waals surface area contributed by atoms with E-state index in [9.17, 15) is 22.0 Å². The number of hydrogen-bond donors (Lipinski definition) is 1. The summed E-state index contributed by atoms with van der Waals surface area (Å²) in [4.78, 5) is 0. The van der Waals surface area contributed by atoms with Crippen LogP contribution in [0.25, 0.3) is 0 Å². The van der Waals surface area contributed by atoms with Gasteiger partial charge in [0.15, 0.2) is 0 Å². The molecule has 7 heteroatoms. The third-order valence-corrected chi connectivity index (χ3v) is 1.75. The summed E-state index contributed by atoms with van der Waals surface area (Å²) in [6.07, 6.45) is -4.86. The average molecular weight is 237 g/mol. The molecule has 0 aliphatic heterocycles. The van der Waals surface area contributed by atoms with Crippen LogP contribution in [0.3, 0.4) is 0 Å². The minimum atomic E-state index is -4.86. The number of nitrogens with zero attached hydrogens (tertiary/aromatic N) is 1. The highest BCUT2D eigenvalue weighted by Crippen LogP contribution is 2.36. The molecule has 16 heavy (non-hydrogen) atoms. The highest BCUT2D eigenvalue weighted by Gasteiger charge is 2.37. The van der Waals surface area contributed by atoms with Gasteiger partial charge in [0.05, 0.1) is 5.56 Å². The minimum Gasteiger partial charge on any atom is -0.508 e. The molecule has 0 aliphatic rings. The predicted molar refractivity (Wildman–Crippen MR) is 42.6 cm³/mol. The fraction of sp³-hybridized carbons (Fsp3) is 0.222. The third-order valence-electron chi connectivity index (χ3n) is 1.75. The molecule has 86 valence electrons. The molecule has 1 rings (SSSR count). The molecule has 0 aromatic heterocycles. The number of benzene rings is 1. The first-order valence-corrected chi connectivity index (χ1v) is 3.87. The molecule has 0 saturated heterocycles. The Morgan fingerprint density at radius 3 is 1.94 bits per heavy atom. The number of phenolic OH excluding ortho intramolecular Hbond substituents is 1. The molecule has 0 fully saturated rings. The molecule has 0 aliphatic carbocycles. The summed E-state index contributed by atoms with van der Waals surface area (Å²) < 4.78 is 62.2. The van der Waals surface area contributed by atoms with Crippen LogP contribution in [0.15, 0.2) is 18.2 Å². The van der Waals surface area contributed by atoms with Crippen LogP contribution in [0.1, 0.15) is 11.1 Å². The van der Waals surface area contributed by atoms with E-state index in [4.69, 9.17) is 10.4 Å². The fourth-order valence-corrected chi connectivity index (χ4v) is 1.02. The molecule has 0 saturated carbocycles. The summed E-state index contributed by atoms with van der Waals surface area (Å²) in [5.41, 5.74) is -2.63. The van der Waals surface area contributed by atoms with Crippen molar-refractivity contribution >= 4 is 0 Å². The summed E-state index contributed by atoms with van der Waals surface area (Å²) in [5, 5.41) is 16.9. The Balaban J connectivity index is 3.36. The normalized spacial score (nSPS) is 12.2. The monoisotopic (exact) mass is 237 g/mol. The molecule has 0 heterocycles. The zero-order valence-electron chi connectivity index (χ0n) is 7.52. The molecule has 0 radical (unpaired) electrons. The van der Waals surface area contributed by atoms with Crippen LogP contribution in [-0.4, -0.2) is 5.11 Å². The number of hydrogen-bond acceptors (Lipinski definition) is 2. The van der Waals surface area contributed by atoms with Gasteiger partial charge in [-0.15, -0.1) is 0 Å². The summed E-state index contributed by atoms with van der Waals surface area (Å²) in [6, 6.07) is 1.40. The highest BCUT2D eigenvalue weighted by atomic mass is 19.4. The van der Waals surface area contributed by atoms with Crippen molar-refractivity contribution in [3.63, 3.8) is 0 Å². The maximum atomic E-state index is 12.8. The maximum Gasteiger partial charge on any atom is 0.416 e. The maximum absolute atomic E-state index is 12.8. The summed E-state index contributed by atoms with van der Waals surface area (Å²) >= 11 is 0. The van der Waals surface area contributed by atoms with E-state index in [-0.39, 0.29) is 6.07 Å². The standard InChI is InChI=1S/C9H4F5NO/c10-8(11,4-15)5-1-6(9(12,13)14)3-7(16)2-5/h1-3,16H. The van der Waals surface area contributed by atoms with Crippen molar-refractivity contribution in [1.29, 1.82) is 5.26 Å². The van der Waals surface area contributed by atoms with E-state index in [0.717, 1.165) is 0 Å². The van der Waals surface area contributed by atoms with Crippen LogP contribution in [0.4, 0.5) is 22.0 Å². The Kier molecular flexibility index (Phi) is 2.77. The quantitative estimate of drug-likeness (QED) is 0.763. The van der Waals surface area contributed by atoms with Crippen molar-refractivity contribution < 1.29 is 27.1 Å². The Bertz CT molecular complexity index is 446. The lowest BCUT2D eigenvalue weighted by molar-refractivity contribution is -0.137. The van der Waals surface area contributed by atoms with Crippen molar-refractivity contribution in [2.45, 2.75) is 12.1 Å². The van der Waals surface area contributed by atoms with Gasteiger partial charge < -0.3 is 5.11 Å². The number of halogens is 5. The topological polar surface area (TPSA) is 44.0 Å². The van der Waals surface area contributed by atoms with Gasteiger partial charge in [-0.25, -0.2) is 0 Å². The zero-order valence-corrected chi connectivity index (χ0v) is 7.52. The largest absolute Gasteiger partial charge is 0.508 e. The Morgan fingerprint density at radius 2 is 1.50 bits per heavy atom. The van der Waals surface area contributed by atoms with Gasteiger partial charge in [-0.1, -0.05) is 0 Å². The zero-order chi connectivity index (χ0) is 12.6. The van der Waals surface area contributed by atoms with Crippen molar-refractivity contribution in [2.24, 2.45) is 0 Å². The van der Waals surface area contributed by atoms with Crippen LogP contribution >= 0.6 is 0 Å². The average Bonchev–Trinajstić information content (AvgIpc) is 2.15. The number of alkyl halides is 5. The van der Waals surface area contributed by atoms with Crippen molar-refractivity contribution in [3.05, 3.63) is 29.3 Å². The smallest absolute Gasteiger partial charge is 0.416 e. The van der Waals surface area contributed by atoms with Gasteiger partial charge >= 0.3 is 12.1 Å². The Hall–Kier alpha value is -1.84. The van der Waals surface area contributed by atoms with Gasteiger partial charge in [0.1, 0.15) is 11.8 Å². The van der Waals surface area contributed by atoms with Crippen molar-refractivity contribution in [1.82, 2.24) is 0 Å². The van der Waals surface area contributed by atoms with Crippen LogP contribution in [-0.2, 0) is 12.1 Å². The molecule has 1 aromatic carbocycles. The van der Waals surface area contributed by atoms with E-state index >= 15 is 0 Å². The molecular formula is C9H4F5NO. The molecule has 0 amide bonds. The van der Waals surface area contributed by atoms with Gasteiger partial charge in [-0.2, -0.15) is 27.2 Å². The molecular weight excluding hydrogens is 233 g/mol. The molecule has 1 N–H and O–H groups in total. The molecule has 0 spiro atoms. The van der Waals surface area contributed by atoms with Gasteiger partial charge in [0.25, 0.3) is 0 Å².